The third-order valence-corrected chi connectivity index (χ3v) is 6.43. The zero-order chi connectivity index (χ0) is 20.1. The Bertz CT molecular complexity index is 895. The Morgan fingerprint density at radius 2 is 1.78 bits per heavy atom. The van der Waals surface area contributed by atoms with Crippen LogP contribution in [0.5, 0.6) is 0 Å². The lowest BCUT2D eigenvalue weighted by molar-refractivity contribution is 0.0956. The second-order valence-electron chi connectivity index (χ2n) is 6.83. The number of sulfonamides is 1. The molecule has 5 nitrogen and oxygen atoms in total. The molecule has 0 radical (unpaired) electrons. The van der Waals surface area contributed by atoms with Crippen molar-refractivity contribution in [3.05, 3.63) is 59.1 Å². The summed E-state index contributed by atoms with van der Waals surface area (Å²) in [6, 6.07) is 12.5. The first-order chi connectivity index (χ1) is 12.6. The Labute approximate surface area is 169 Å². The molecule has 2 N–H and O–H groups in total. The van der Waals surface area contributed by atoms with E-state index in [0.717, 1.165) is 5.75 Å². The van der Waals surface area contributed by atoms with Gasteiger partial charge in [0, 0.05) is 17.0 Å². The van der Waals surface area contributed by atoms with Gasteiger partial charge in [-0.15, -0.1) is 0 Å². The van der Waals surface area contributed by atoms with E-state index in [4.69, 9.17) is 11.6 Å². The quantitative estimate of drug-likeness (QED) is 0.643. The molecule has 0 heterocycles. The van der Waals surface area contributed by atoms with E-state index in [0.29, 0.717) is 17.8 Å². The fraction of sp³-hybridized carbons (Fsp3) is 0.316. The van der Waals surface area contributed by atoms with Gasteiger partial charge in [-0.25, -0.2) is 8.42 Å². The summed E-state index contributed by atoms with van der Waals surface area (Å²) < 4.78 is 27.3. The number of thioether (sulfide) groups is 1. The van der Waals surface area contributed by atoms with E-state index in [1.807, 2.05) is 0 Å². The van der Waals surface area contributed by atoms with Crippen molar-refractivity contribution in [2.45, 2.75) is 30.4 Å². The van der Waals surface area contributed by atoms with Gasteiger partial charge in [0.05, 0.1) is 21.2 Å². The van der Waals surface area contributed by atoms with Crippen molar-refractivity contribution in [2.75, 3.05) is 17.0 Å². The van der Waals surface area contributed by atoms with Crippen LogP contribution in [0.15, 0.2) is 53.4 Å². The Morgan fingerprint density at radius 1 is 1.11 bits per heavy atom. The molecule has 0 aliphatic rings. The van der Waals surface area contributed by atoms with Gasteiger partial charge in [-0.1, -0.05) is 50.6 Å². The van der Waals surface area contributed by atoms with Crippen LogP contribution >= 0.6 is 23.4 Å². The molecule has 0 saturated carbocycles. The van der Waals surface area contributed by atoms with Crippen LogP contribution in [0.3, 0.4) is 0 Å². The standard InChI is InChI=1S/C19H23ClN2O3S2/c1-19(2,3)26-12-11-21-18(23)16-10-9-14(13-17(16)20)22-27(24,25)15-7-5-4-6-8-15/h4-10,13,22H,11-12H2,1-3H3,(H,21,23). The maximum absolute atomic E-state index is 12.4. The van der Waals surface area contributed by atoms with Crippen molar-refractivity contribution >= 4 is 45.0 Å². The maximum atomic E-state index is 12.4. The average Bonchev–Trinajstić information content (AvgIpc) is 2.58. The van der Waals surface area contributed by atoms with Gasteiger partial charge in [-0.05, 0) is 30.3 Å². The third-order valence-electron chi connectivity index (χ3n) is 3.44. The lowest BCUT2D eigenvalue weighted by atomic mass is 10.2. The normalized spacial score (nSPS) is 11.9. The molecule has 146 valence electrons. The van der Waals surface area contributed by atoms with E-state index in [-0.39, 0.29) is 20.6 Å². The molecule has 1 amide bonds. The minimum Gasteiger partial charge on any atom is -0.351 e. The number of carbonyl (C=O) groups is 1. The molecule has 2 rings (SSSR count). The molecule has 2 aromatic carbocycles. The number of carbonyl (C=O) groups excluding carboxylic acids is 1. The predicted octanol–water partition coefficient (Wildman–Crippen LogP) is 4.40. The van der Waals surface area contributed by atoms with E-state index in [1.165, 1.54) is 30.3 Å². The molecule has 27 heavy (non-hydrogen) atoms. The van der Waals surface area contributed by atoms with Crippen molar-refractivity contribution in [2.24, 2.45) is 0 Å². The molecule has 0 aromatic heterocycles. The Morgan fingerprint density at radius 3 is 2.37 bits per heavy atom. The average molecular weight is 427 g/mol. The highest BCUT2D eigenvalue weighted by Crippen LogP contribution is 2.24. The summed E-state index contributed by atoms with van der Waals surface area (Å²) in [5.74, 6) is 0.508. The molecule has 0 bridgehead atoms. The van der Waals surface area contributed by atoms with Gasteiger partial charge in [-0.2, -0.15) is 11.8 Å². The number of benzene rings is 2. The van der Waals surface area contributed by atoms with Gasteiger partial charge >= 0.3 is 0 Å². The molecule has 0 fully saturated rings. The van der Waals surface area contributed by atoms with E-state index < -0.39 is 10.0 Å². The smallest absolute Gasteiger partial charge is 0.261 e. The highest BCUT2D eigenvalue weighted by atomic mass is 35.5. The van der Waals surface area contributed by atoms with Crippen LogP contribution < -0.4 is 10.0 Å². The Hall–Kier alpha value is -1.70. The molecular weight excluding hydrogens is 404 g/mol. The van der Waals surface area contributed by atoms with Crippen LogP contribution in [-0.4, -0.2) is 31.4 Å². The summed E-state index contributed by atoms with van der Waals surface area (Å²) in [6.45, 7) is 6.88. The minimum absolute atomic E-state index is 0.139. The van der Waals surface area contributed by atoms with Gasteiger partial charge in [0.25, 0.3) is 15.9 Å². The molecule has 2 aromatic rings. The number of nitrogens with one attached hydrogen (secondary N) is 2. The van der Waals surface area contributed by atoms with Gasteiger partial charge < -0.3 is 5.32 Å². The number of anilines is 1. The summed E-state index contributed by atoms with van der Waals surface area (Å²) >= 11 is 7.94. The van der Waals surface area contributed by atoms with Crippen molar-refractivity contribution in [1.82, 2.24) is 5.32 Å². The number of hydrogen-bond donors (Lipinski definition) is 2. The second kappa shape index (κ2) is 8.99. The van der Waals surface area contributed by atoms with Crippen LogP contribution in [0, 0.1) is 0 Å². The molecular formula is C19H23ClN2O3S2. The van der Waals surface area contributed by atoms with E-state index in [1.54, 1.807) is 30.0 Å². The molecule has 8 heteroatoms. The summed E-state index contributed by atoms with van der Waals surface area (Å²) in [5, 5.41) is 3.01. The van der Waals surface area contributed by atoms with Crippen LogP contribution in [0.25, 0.3) is 0 Å². The molecule has 0 spiro atoms. The number of amides is 1. The summed E-state index contributed by atoms with van der Waals surface area (Å²) in [6.07, 6.45) is 0. The van der Waals surface area contributed by atoms with Crippen LogP contribution in [0.2, 0.25) is 5.02 Å². The summed E-state index contributed by atoms with van der Waals surface area (Å²) in [4.78, 5) is 12.4. The maximum Gasteiger partial charge on any atom is 0.261 e. The van der Waals surface area contributed by atoms with Crippen LogP contribution in [-0.2, 0) is 10.0 Å². The molecule has 0 saturated heterocycles. The van der Waals surface area contributed by atoms with Gasteiger partial charge in [0.15, 0.2) is 0 Å². The topological polar surface area (TPSA) is 75.3 Å². The molecule has 0 unspecified atom stereocenters. The largest absolute Gasteiger partial charge is 0.351 e. The summed E-state index contributed by atoms with van der Waals surface area (Å²) in [5.41, 5.74) is 0.601. The first-order valence-corrected chi connectivity index (χ1v) is 11.2. The van der Waals surface area contributed by atoms with E-state index >= 15 is 0 Å². The second-order valence-corrected chi connectivity index (χ2v) is 10.8. The molecule has 0 aliphatic carbocycles. The predicted molar refractivity (Wildman–Crippen MR) is 113 cm³/mol. The first kappa shape index (κ1) is 21.6. The van der Waals surface area contributed by atoms with Gasteiger partial charge in [0.1, 0.15) is 0 Å². The third kappa shape index (κ3) is 6.75. The number of halogens is 1. The lowest BCUT2D eigenvalue weighted by Gasteiger charge is -2.17. The first-order valence-electron chi connectivity index (χ1n) is 8.38. The molecule has 0 atom stereocenters. The fourth-order valence-corrected chi connectivity index (χ4v) is 4.35. The number of rotatable bonds is 7. The van der Waals surface area contributed by atoms with Gasteiger partial charge in [0.2, 0.25) is 0 Å². The Balaban J connectivity index is 2.02. The summed E-state index contributed by atoms with van der Waals surface area (Å²) in [7, 11) is -3.71. The highest BCUT2D eigenvalue weighted by molar-refractivity contribution is 8.00. The van der Waals surface area contributed by atoms with Crippen molar-refractivity contribution in [1.29, 1.82) is 0 Å². The van der Waals surface area contributed by atoms with Crippen LogP contribution in [0.4, 0.5) is 5.69 Å². The lowest BCUT2D eigenvalue weighted by Crippen LogP contribution is -2.27. The Kier molecular flexibility index (Phi) is 7.19. The monoisotopic (exact) mass is 426 g/mol. The highest BCUT2D eigenvalue weighted by Gasteiger charge is 2.16. The minimum atomic E-state index is -3.71. The van der Waals surface area contributed by atoms with E-state index in [2.05, 4.69) is 30.8 Å². The zero-order valence-corrected chi connectivity index (χ0v) is 17.8. The van der Waals surface area contributed by atoms with Crippen molar-refractivity contribution < 1.29 is 13.2 Å². The number of hydrogen-bond acceptors (Lipinski definition) is 4. The fourth-order valence-electron chi connectivity index (χ4n) is 2.19. The van der Waals surface area contributed by atoms with Crippen molar-refractivity contribution in [3.8, 4) is 0 Å². The zero-order valence-electron chi connectivity index (χ0n) is 15.5. The van der Waals surface area contributed by atoms with Crippen LogP contribution in [0.1, 0.15) is 31.1 Å². The SMILES string of the molecule is CC(C)(C)SCCNC(=O)c1ccc(NS(=O)(=O)c2ccccc2)cc1Cl. The van der Waals surface area contributed by atoms with Gasteiger partial charge in [-0.3, -0.25) is 9.52 Å². The molecule has 0 aliphatic heterocycles. The van der Waals surface area contributed by atoms with Crippen molar-refractivity contribution in [3.63, 3.8) is 0 Å². The van der Waals surface area contributed by atoms with E-state index in [9.17, 15) is 13.2 Å².